The number of methoxy groups -OCH3 is 2. The summed E-state index contributed by atoms with van der Waals surface area (Å²) in [6.45, 7) is 2.54. The second-order valence-corrected chi connectivity index (χ2v) is 9.98. The largest absolute Gasteiger partial charge is 0.493 e. The minimum atomic E-state index is -5.08. The molecule has 3 atom stereocenters. The van der Waals surface area contributed by atoms with Gasteiger partial charge in [0, 0.05) is 28.7 Å². The van der Waals surface area contributed by atoms with Crippen LogP contribution >= 0.6 is 0 Å². The number of hydrogen-bond acceptors (Lipinski definition) is 6. The molecule has 0 radical (unpaired) electrons. The van der Waals surface area contributed by atoms with E-state index in [0.29, 0.717) is 17.3 Å². The molecule has 2 aromatic rings. The predicted molar refractivity (Wildman–Crippen MR) is 142 cm³/mol. The van der Waals surface area contributed by atoms with Gasteiger partial charge in [-0.05, 0) is 76.0 Å². The number of ether oxygens (including phenoxy) is 2. The van der Waals surface area contributed by atoms with Crippen LogP contribution < -0.4 is 20.1 Å². The van der Waals surface area contributed by atoms with Crippen molar-refractivity contribution in [2.24, 2.45) is 0 Å². The quantitative estimate of drug-likeness (QED) is 0.429. The van der Waals surface area contributed by atoms with Gasteiger partial charge in [0.25, 0.3) is 0 Å². The van der Waals surface area contributed by atoms with Crippen LogP contribution in [0.3, 0.4) is 0 Å². The Hall–Kier alpha value is -3.80. The Labute approximate surface area is 230 Å². The number of alkyl halides is 3. The van der Waals surface area contributed by atoms with E-state index in [9.17, 15) is 22.8 Å². The van der Waals surface area contributed by atoms with E-state index in [0.717, 1.165) is 43.7 Å². The molecule has 0 spiro atoms. The summed E-state index contributed by atoms with van der Waals surface area (Å²) in [5.74, 6) is -1.29. The summed E-state index contributed by atoms with van der Waals surface area (Å²) in [5.41, 5.74) is 2.52. The van der Waals surface area contributed by atoms with Crippen molar-refractivity contribution in [3.05, 3.63) is 53.6 Å². The summed E-state index contributed by atoms with van der Waals surface area (Å²) < 4.78 is 42.7. The van der Waals surface area contributed by atoms with E-state index < -0.39 is 12.1 Å². The second-order valence-electron chi connectivity index (χ2n) is 9.98. The number of carbonyl (C=O) groups is 3. The molecule has 4 rings (SSSR count). The van der Waals surface area contributed by atoms with E-state index in [1.54, 1.807) is 38.5 Å². The highest BCUT2D eigenvalue weighted by Crippen LogP contribution is 2.49. The number of carboxylic acids is 1. The highest BCUT2D eigenvalue weighted by molar-refractivity contribution is 5.96. The van der Waals surface area contributed by atoms with Crippen LogP contribution in [0.2, 0.25) is 0 Å². The van der Waals surface area contributed by atoms with Crippen LogP contribution in [0.1, 0.15) is 48.5 Å². The fourth-order valence-corrected chi connectivity index (χ4v) is 5.56. The van der Waals surface area contributed by atoms with Crippen molar-refractivity contribution in [2.75, 3.05) is 33.1 Å². The maximum atomic E-state index is 12.7. The molecule has 0 aromatic heterocycles. The van der Waals surface area contributed by atoms with E-state index in [1.807, 2.05) is 6.07 Å². The third-order valence-electron chi connectivity index (χ3n) is 7.59. The van der Waals surface area contributed by atoms with Gasteiger partial charge in [-0.15, -0.1) is 0 Å². The summed E-state index contributed by atoms with van der Waals surface area (Å²) in [6, 6.07) is 13.5. The van der Waals surface area contributed by atoms with Gasteiger partial charge >= 0.3 is 18.2 Å². The van der Waals surface area contributed by atoms with Gasteiger partial charge in [0.05, 0.1) is 14.2 Å². The molecule has 2 fully saturated rings. The first-order valence-electron chi connectivity index (χ1n) is 12.7. The average molecular weight is 566 g/mol. The molecule has 3 N–H and O–H groups in total. The maximum absolute atomic E-state index is 12.7. The summed E-state index contributed by atoms with van der Waals surface area (Å²) in [7, 11) is 5.49. The van der Waals surface area contributed by atoms with Crippen LogP contribution in [0.5, 0.6) is 11.5 Å². The number of amides is 2. The third-order valence-corrected chi connectivity index (χ3v) is 7.59. The minimum Gasteiger partial charge on any atom is -0.493 e. The van der Waals surface area contributed by atoms with Crippen molar-refractivity contribution in [2.45, 2.75) is 56.3 Å². The normalized spacial score (nSPS) is 22.3. The Morgan fingerprint density at radius 1 is 1.05 bits per heavy atom. The molecule has 2 amide bonds. The topological polar surface area (TPSA) is 117 Å². The number of fused-ring (bicyclic) bond motifs is 1. The van der Waals surface area contributed by atoms with Crippen LogP contribution in [0, 0.1) is 0 Å². The van der Waals surface area contributed by atoms with E-state index in [4.69, 9.17) is 19.4 Å². The lowest BCUT2D eigenvalue weighted by Crippen LogP contribution is -2.52. The summed E-state index contributed by atoms with van der Waals surface area (Å²) in [4.78, 5) is 35.6. The molecular formula is C28H34F3N3O6. The second kappa shape index (κ2) is 12.6. The van der Waals surface area contributed by atoms with Crippen LogP contribution in [0.15, 0.2) is 42.5 Å². The number of urea groups is 1. The number of rotatable bonds is 6. The molecule has 2 aromatic carbocycles. The molecule has 0 unspecified atom stereocenters. The Morgan fingerprint density at radius 2 is 1.73 bits per heavy atom. The van der Waals surface area contributed by atoms with Gasteiger partial charge in [-0.1, -0.05) is 18.2 Å². The number of carboxylic acid groups (broad SMARTS) is 1. The summed E-state index contributed by atoms with van der Waals surface area (Å²) in [5, 5.41) is 13.2. The number of ketones is 1. The first kappa shape index (κ1) is 30.7. The molecular weight excluding hydrogens is 531 g/mol. The Kier molecular flexibility index (Phi) is 9.67. The first-order chi connectivity index (χ1) is 18.8. The Bertz CT molecular complexity index is 1240. The van der Waals surface area contributed by atoms with Crippen molar-refractivity contribution in [3.63, 3.8) is 0 Å². The number of likely N-dealkylation sites (tertiary alicyclic amines) is 1. The van der Waals surface area contributed by atoms with E-state index in [-0.39, 0.29) is 23.3 Å². The number of nitrogens with zero attached hydrogens (tertiary/aromatic N) is 1. The van der Waals surface area contributed by atoms with Gasteiger partial charge in [-0.25, -0.2) is 9.59 Å². The number of aliphatic carboxylic acids is 1. The number of carbonyl (C=O) groups excluding carboxylic acids is 2. The molecule has 1 saturated heterocycles. The minimum absolute atomic E-state index is 0.0258. The van der Waals surface area contributed by atoms with Gasteiger partial charge in [0.15, 0.2) is 17.3 Å². The van der Waals surface area contributed by atoms with Crippen molar-refractivity contribution in [3.8, 4) is 11.5 Å². The lowest BCUT2D eigenvalue weighted by molar-refractivity contribution is -0.192. The number of nitrogens with one attached hydrogen (secondary N) is 2. The zero-order valence-corrected chi connectivity index (χ0v) is 22.8. The third kappa shape index (κ3) is 7.04. The van der Waals surface area contributed by atoms with E-state index >= 15 is 0 Å². The number of Topliss-reactive ketones (excluding diaryl/α,β-unsaturated/α-hetero) is 1. The number of anilines is 1. The van der Waals surface area contributed by atoms with Crippen LogP contribution in [0.25, 0.3) is 0 Å². The fourth-order valence-electron chi connectivity index (χ4n) is 5.56. The molecule has 40 heavy (non-hydrogen) atoms. The van der Waals surface area contributed by atoms with Crippen molar-refractivity contribution >= 4 is 23.5 Å². The molecule has 9 nitrogen and oxygen atoms in total. The highest BCUT2D eigenvalue weighted by atomic mass is 19.4. The van der Waals surface area contributed by atoms with Gasteiger partial charge in [0.1, 0.15) is 0 Å². The molecule has 1 saturated carbocycles. The van der Waals surface area contributed by atoms with Crippen LogP contribution in [-0.4, -0.2) is 73.9 Å². The summed E-state index contributed by atoms with van der Waals surface area (Å²) in [6.07, 6.45) is -1.23. The van der Waals surface area contributed by atoms with E-state index in [1.165, 1.54) is 12.5 Å². The highest BCUT2D eigenvalue weighted by Gasteiger charge is 2.50. The van der Waals surface area contributed by atoms with Crippen LogP contribution in [-0.2, 0) is 10.2 Å². The average Bonchev–Trinajstić information content (AvgIpc) is 3.25. The van der Waals surface area contributed by atoms with E-state index in [2.05, 4.69) is 34.7 Å². The zero-order chi connectivity index (χ0) is 29.7. The Balaban J connectivity index is 0.000000559. The lowest BCUT2D eigenvalue weighted by atomic mass is 9.65. The predicted octanol–water partition coefficient (Wildman–Crippen LogP) is 4.86. The molecule has 1 aliphatic carbocycles. The number of hydrogen-bond donors (Lipinski definition) is 3. The number of likely N-dealkylation sites (N-methyl/N-ethyl adjacent to an activating group) is 1. The lowest BCUT2D eigenvalue weighted by Gasteiger charge is -2.45. The van der Waals surface area contributed by atoms with Gasteiger partial charge in [-0.3, -0.25) is 4.79 Å². The number of halogens is 3. The number of benzene rings is 2. The van der Waals surface area contributed by atoms with Crippen molar-refractivity contribution in [1.82, 2.24) is 10.2 Å². The van der Waals surface area contributed by atoms with Gasteiger partial charge < -0.3 is 30.1 Å². The van der Waals surface area contributed by atoms with Crippen molar-refractivity contribution < 1.29 is 42.1 Å². The van der Waals surface area contributed by atoms with Gasteiger partial charge in [-0.2, -0.15) is 13.2 Å². The molecule has 0 bridgehead atoms. The first-order valence-corrected chi connectivity index (χ1v) is 12.7. The van der Waals surface area contributed by atoms with Gasteiger partial charge in [0.2, 0.25) is 0 Å². The molecule has 1 aliphatic heterocycles. The molecule has 1 heterocycles. The molecule has 12 heteroatoms. The molecule has 218 valence electrons. The zero-order valence-electron chi connectivity index (χ0n) is 22.8. The Morgan fingerprint density at radius 3 is 2.33 bits per heavy atom. The monoisotopic (exact) mass is 565 g/mol. The maximum Gasteiger partial charge on any atom is 0.490 e. The smallest absolute Gasteiger partial charge is 0.490 e. The fraction of sp³-hybridized carbons (Fsp3) is 0.464. The molecule has 2 aliphatic rings. The standard InChI is InChI=1S/C26H33N3O4.C2HF3O2/c1-17(30)18-6-5-7-20(14-18)27-25(31)28-21-10-11-26(12-13-29(2)24(26)16-21)19-8-9-22(32-3)23(15-19)33-4;3-2(4,5)1(6)7/h5-9,14-15,21,24H,10-13,16H2,1-4H3,(H2,27,28,31);(H,6,7)/t21-,24+,26+;/m1./s1. The SMILES string of the molecule is COc1ccc([C@@]23CC[C@@H](NC(=O)Nc4cccc(C(C)=O)c4)C[C@@H]2N(C)CC3)cc1OC.O=C(O)C(F)(F)F. The summed E-state index contributed by atoms with van der Waals surface area (Å²) >= 11 is 0. The van der Waals surface area contributed by atoms with Crippen LogP contribution in [0.4, 0.5) is 23.7 Å². The van der Waals surface area contributed by atoms with Crippen molar-refractivity contribution in [1.29, 1.82) is 0 Å².